The number of hydrogen-bond donors (Lipinski definition) is 5. The molecule has 14 nitrogen and oxygen atoms in total. The van der Waals surface area contributed by atoms with Crippen molar-refractivity contribution in [2.75, 3.05) is 7.11 Å². The first-order valence-corrected chi connectivity index (χ1v) is 15.7. The van der Waals surface area contributed by atoms with Gasteiger partial charge in [-0.05, 0) is 80.1 Å². The third-order valence-electron chi connectivity index (χ3n) is 7.78. The fraction of sp³-hybridized carbons (Fsp3) is 0.105. The van der Waals surface area contributed by atoms with Crippen LogP contribution in [0.15, 0.2) is 107 Å². The Morgan fingerprint density at radius 2 is 1.08 bits per heavy atom. The van der Waals surface area contributed by atoms with Crippen LogP contribution < -0.4 is 4.74 Å². The number of aryl methyl sites for hydroxylation is 2. The van der Waals surface area contributed by atoms with E-state index in [0.29, 0.717) is 51.0 Å². The van der Waals surface area contributed by atoms with E-state index in [0.717, 1.165) is 5.56 Å². The van der Waals surface area contributed by atoms with Crippen molar-refractivity contribution in [1.82, 2.24) is 19.6 Å². The number of para-hydroxylation sites is 2. The van der Waals surface area contributed by atoms with Gasteiger partial charge in [-0.25, -0.2) is 19.0 Å². The molecule has 0 atom stereocenters. The van der Waals surface area contributed by atoms with Gasteiger partial charge in [-0.3, -0.25) is 9.98 Å². The molecule has 0 amide bonds. The van der Waals surface area contributed by atoms with E-state index in [1.165, 1.54) is 33.9 Å². The maximum absolute atomic E-state index is 11.3. The van der Waals surface area contributed by atoms with E-state index < -0.39 is 11.9 Å². The van der Waals surface area contributed by atoms with Crippen LogP contribution in [0.3, 0.4) is 0 Å². The molecule has 4 aromatic carbocycles. The zero-order chi connectivity index (χ0) is 37.4. The Morgan fingerprint density at radius 1 is 0.679 bits per heavy atom. The van der Waals surface area contributed by atoms with Gasteiger partial charge in [0.2, 0.25) is 11.8 Å². The number of aromatic carboxylic acids is 2. The van der Waals surface area contributed by atoms with Crippen molar-refractivity contribution in [2.45, 2.75) is 20.5 Å². The number of aromatic hydroxyl groups is 2. The molecule has 0 unspecified atom stereocenters. The van der Waals surface area contributed by atoms with Gasteiger partial charge in [0.05, 0.1) is 70.1 Å². The van der Waals surface area contributed by atoms with E-state index in [1.807, 2.05) is 0 Å². The molecule has 0 bridgehead atoms. The van der Waals surface area contributed by atoms with Crippen molar-refractivity contribution in [2.24, 2.45) is 9.98 Å². The first kappa shape index (κ1) is 39.2. The third kappa shape index (κ3) is 9.03. The number of carboxylic acid groups (broad SMARTS) is 2. The van der Waals surface area contributed by atoms with Gasteiger partial charge in [-0.15, -0.1) is 0 Å². The summed E-state index contributed by atoms with van der Waals surface area (Å²) in [6, 6.07) is 26.8. The molecule has 0 saturated carbocycles. The number of hydrogen-bond acceptors (Lipinski definition) is 10. The Labute approximate surface area is 313 Å². The SMILES string of the molecule is COc1ccc(-n2nc(C)c(C=Nc3ccccc3C(=O)O)c2O)cc1.Cc1nn(-c2ccc(CO)cc2)c(O)c1C=Nc1ccccc1C(=O)O.[Co]. The van der Waals surface area contributed by atoms with E-state index in [9.17, 15) is 30.0 Å². The van der Waals surface area contributed by atoms with Gasteiger partial charge >= 0.3 is 11.9 Å². The zero-order valence-corrected chi connectivity index (χ0v) is 29.6. The largest absolute Gasteiger partial charge is 0.497 e. The van der Waals surface area contributed by atoms with Gasteiger partial charge in [-0.2, -0.15) is 10.2 Å². The number of benzene rings is 4. The van der Waals surface area contributed by atoms with Crippen LogP contribution in [0, 0.1) is 13.8 Å². The third-order valence-corrected chi connectivity index (χ3v) is 7.78. The summed E-state index contributed by atoms with van der Waals surface area (Å²) in [5.74, 6) is -1.62. The predicted molar refractivity (Wildman–Crippen MR) is 194 cm³/mol. The Balaban J connectivity index is 0.000000232. The average molecular weight is 762 g/mol. The number of aromatic nitrogens is 4. The summed E-state index contributed by atoms with van der Waals surface area (Å²) >= 11 is 0. The Hall–Kier alpha value is -6.55. The molecule has 15 heteroatoms. The van der Waals surface area contributed by atoms with Crippen LogP contribution in [0.25, 0.3) is 11.4 Å². The molecule has 2 heterocycles. The molecule has 53 heavy (non-hydrogen) atoms. The number of methoxy groups -OCH3 is 1. The molecule has 0 saturated heterocycles. The van der Waals surface area contributed by atoms with Gasteiger partial charge in [0, 0.05) is 29.2 Å². The fourth-order valence-corrected chi connectivity index (χ4v) is 4.98. The van der Waals surface area contributed by atoms with Gasteiger partial charge in [0.15, 0.2) is 0 Å². The minimum absolute atomic E-state index is 0. The number of aliphatic imine (C=N–C) groups is 2. The number of carbonyl (C=O) groups is 2. The average Bonchev–Trinajstić information content (AvgIpc) is 3.61. The van der Waals surface area contributed by atoms with Gasteiger partial charge in [0.1, 0.15) is 5.75 Å². The minimum atomic E-state index is -1.07. The van der Waals surface area contributed by atoms with E-state index in [-0.39, 0.29) is 46.3 Å². The summed E-state index contributed by atoms with van der Waals surface area (Å²) in [4.78, 5) is 30.9. The summed E-state index contributed by atoms with van der Waals surface area (Å²) in [7, 11) is 1.58. The van der Waals surface area contributed by atoms with Crippen molar-refractivity contribution in [3.8, 4) is 28.9 Å². The van der Waals surface area contributed by atoms with Crippen LogP contribution in [-0.4, -0.2) is 76.6 Å². The molecule has 5 N–H and O–H groups in total. The predicted octanol–water partition coefficient (Wildman–Crippen LogP) is 6.17. The maximum Gasteiger partial charge on any atom is 0.337 e. The van der Waals surface area contributed by atoms with E-state index in [1.54, 1.807) is 106 Å². The van der Waals surface area contributed by atoms with E-state index in [4.69, 9.17) is 9.84 Å². The molecular formula is C38H34CoN6O8. The molecule has 0 spiro atoms. The molecule has 0 aliphatic carbocycles. The summed E-state index contributed by atoms with van der Waals surface area (Å²) in [5, 5.41) is 57.2. The molecule has 1 radical (unpaired) electrons. The summed E-state index contributed by atoms with van der Waals surface area (Å²) in [5.41, 5.74) is 4.73. The van der Waals surface area contributed by atoms with Crippen molar-refractivity contribution in [3.05, 3.63) is 136 Å². The number of ether oxygens (including phenoxy) is 1. The topological polar surface area (TPSA) is 205 Å². The van der Waals surface area contributed by atoms with Gasteiger partial charge < -0.3 is 30.3 Å². The number of rotatable bonds is 10. The smallest absolute Gasteiger partial charge is 0.337 e. The first-order valence-electron chi connectivity index (χ1n) is 15.7. The Morgan fingerprint density at radius 3 is 1.45 bits per heavy atom. The van der Waals surface area contributed by atoms with Gasteiger partial charge in [-0.1, -0.05) is 36.4 Å². The maximum atomic E-state index is 11.3. The van der Waals surface area contributed by atoms with Crippen LogP contribution in [0.1, 0.15) is 48.8 Å². The second-order valence-electron chi connectivity index (χ2n) is 11.2. The minimum Gasteiger partial charge on any atom is -0.497 e. The van der Waals surface area contributed by atoms with Crippen LogP contribution in [0.2, 0.25) is 0 Å². The molecule has 0 aliphatic heterocycles. The molecule has 0 fully saturated rings. The van der Waals surface area contributed by atoms with Crippen molar-refractivity contribution >= 4 is 35.7 Å². The molecule has 0 aliphatic rings. The Bertz CT molecular complexity index is 2120. The van der Waals surface area contributed by atoms with Crippen LogP contribution in [0.4, 0.5) is 11.4 Å². The standard InChI is InChI=1S/2C19H17N3O4.Co/c1-12-16(11-20-17-6-4-3-5-15(17)19(24)25)18(23)22(21-12)13-7-9-14(26-2)10-8-13;1-12-16(10-20-17-5-3-2-4-15(17)19(25)26)18(24)22(21-12)14-8-6-13(11-23)7-9-14;/h3-11,23H,1-2H3,(H,24,25);2-10,23-24H,11H2,1H3,(H,25,26);. The van der Waals surface area contributed by atoms with E-state index >= 15 is 0 Å². The van der Waals surface area contributed by atoms with Crippen molar-refractivity contribution in [1.29, 1.82) is 0 Å². The van der Waals surface area contributed by atoms with Crippen LogP contribution in [0.5, 0.6) is 17.5 Å². The molecule has 6 aromatic rings. The van der Waals surface area contributed by atoms with Crippen LogP contribution >= 0.6 is 0 Å². The summed E-state index contributed by atoms with van der Waals surface area (Å²) in [6.45, 7) is 3.40. The van der Waals surface area contributed by atoms with Crippen molar-refractivity contribution < 1.29 is 56.6 Å². The first-order chi connectivity index (χ1) is 25.0. The molecular weight excluding hydrogens is 727 g/mol. The van der Waals surface area contributed by atoms with Crippen molar-refractivity contribution in [3.63, 3.8) is 0 Å². The molecule has 6 rings (SSSR count). The zero-order valence-electron chi connectivity index (χ0n) is 28.6. The number of aliphatic hydroxyl groups excluding tert-OH is 1. The molecule has 2 aromatic heterocycles. The summed E-state index contributed by atoms with van der Waals surface area (Å²) < 4.78 is 7.87. The quantitative estimate of drug-likeness (QED) is 0.100. The number of aliphatic hydroxyl groups is 1. The fourth-order valence-electron chi connectivity index (χ4n) is 4.98. The van der Waals surface area contributed by atoms with Crippen LogP contribution in [-0.2, 0) is 23.4 Å². The summed E-state index contributed by atoms with van der Waals surface area (Å²) in [6.07, 6.45) is 2.82. The number of carboxylic acids is 2. The van der Waals surface area contributed by atoms with Gasteiger partial charge in [0.25, 0.3) is 0 Å². The second-order valence-corrected chi connectivity index (χ2v) is 11.2. The normalized spacial score (nSPS) is 10.9. The molecule has 273 valence electrons. The second kappa shape index (κ2) is 17.6. The Kier molecular flexibility index (Phi) is 13.0. The van der Waals surface area contributed by atoms with E-state index in [2.05, 4.69) is 20.2 Å². The number of nitrogens with zero attached hydrogens (tertiary/aromatic N) is 6. The monoisotopic (exact) mass is 761 g/mol.